The molecule has 10 heteroatoms. The van der Waals surface area contributed by atoms with Crippen LogP contribution in [0.5, 0.6) is 5.75 Å². The Hall–Kier alpha value is -1.97. The molecule has 0 saturated heterocycles. The number of benzene rings is 1. The van der Waals surface area contributed by atoms with Gasteiger partial charge in [-0.25, -0.2) is 4.79 Å². The summed E-state index contributed by atoms with van der Waals surface area (Å²) >= 11 is 0. The molecule has 2 N–H and O–H groups in total. The SMILES string of the molecule is O=C(O)C(O)(c1cccc(OC(F)(F)F)c1)C(F)(F)F. The van der Waals surface area contributed by atoms with Crippen molar-refractivity contribution >= 4 is 5.97 Å². The molecule has 1 unspecified atom stereocenters. The standard InChI is InChI=1S/C10H6F6O4/c11-9(12,13)8(19,7(17)18)5-2-1-3-6(4-5)20-10(14,15)16/h1-4,19H,(H,17,18). The van der Waals surface area contributed by atoms with E-state index in [4.69, 9.17) is 5.11 Å². The predicted molar refractivity (Wildman–Crippen MR) is 50.7 cm³/mol. The maximum atomic E-state index is 12.6. The van der Waals surface area contributed by atoms with Crippen molar-refractivity contribution in [2.24, 2.45) is 0 Å². The minimum absolute atomic E-state index is 0.148. The summed E-state index contributed by atoms with van der Waals surface area (Å²) in [6, 6.07) is 2.02. The van der Waals surface area contributed by atoms with Crippen LogP contribution in [0.1, 0.15) is 5.56 Å². The van der Waals surface area contributed by atoms with Gasteiger partial charge in [0.1, 0.15) is 5.75 Å². The number of alkyl halides is 6. The number of hydrogen-bond acceptors (Lipinski definition) is 3. The van der Waals surface area contributed by atoms with Crippen LogP contribution in [0.2, 0.25) is 0 Å². The summed E-state index contributed by atoms with van der Waals surface area (Å²) in [6.45, 7) is 0. The second-order valence-corrected chi connectivity index (χ2v) is 3.59. The number of ether oxygens (including phenoxy) is 1. The lowest BCUT2D eigenvalue weighted by molar-refractivity contribution is -0.275. The highest BCUT2D eigenvalue weighted by Crippen LogP contribution is 2.40. The van der Waals surface area contributed by atoms with Gasteiger partial charge >= 0.3 is 18.5 Å². The molecule has 0 spiro atoms. The van der Waals surface area contributed by atoms with Crippen molar-refractivity contribution in [3.8, 4) is 5.75 Å². The van der Waals surface area contributed by atoms with E-state index in [0.717, 1.165) is 0 Å². The number of carboxylic acid groups (broad SMARTS) is 1. The monoisotopic (exact) mass is 304 g/mol. The third-order valence-electron chi connectivity index (χ3n) is 2.21. The van der Waals surface area contributed by atoms with Gasteiger partial charge in [-0.05, 0) is 12.1 Å². The topological polar surface area (TPSA) is 66.8 Å². The second kappa shape index (κ2) is 4.85. The molecule has 1 aromatic rings. The van der Waals surface area contributed by atoms with Gasteiger partial charge in [0.25, 0.3) is 5.60 Å². The molecule has 1 rings (SSSR count). The van der Waals surface area contributed by atoms with E-state index in [9.17, 15) is 36.2 Å². The molecule has 0 aliphatic heterocycles. The number of halogens is 6. The molecule has 4 nitrogen and oxygen atoms in total. The Labute approximate surface area is 107 Å². The zero-order valence-corrected chi connectivity index (χ0v) is 9.29. The van der Waals surface area contributed by atoms with Gasteiger partial charge in [0, 0.05) is 5.56 Å². The zero-order valence-electron chi connectivity index (χ0n) is 9.29. The van der Waals surface area contributed by atoms with Gasteiger partial charge in [0.2, 0.25) is 0 Å². The van der Waals surface area contributed by atoms with Crippen molar-refractivity contribution in [2.75, 3.05) is 0 Å². The fraction of sp³-hybridized carbons (Fsp3) is 0.300. The molecular formula is C10H6F6O4. The number of carbonyl (C=O) groups is 1. The maximum Gasteiger partial charge on any atom is 0.573 e. The number of aliphatic hydroxyl groups is 1. The molecule has 1 atom stereocenters. The first kappa shape index (κ1) is 16.1. The van der Waals surface area contributed by atoms with Gasteiger partial charge in [-0.15, -0.1) is 13.2 Å². The Morgan fingerprint density at radius 3 is 2.05 bits per heavy atom. The molecule has 0 fully saturated rings. The van der Waals surface area contributed by atoms with E-state index in [0.29, 0.717) is 18.2 Å². The fourth-order valence-corrected chi connectivity index (χ4v) is 1.33. The number of aliphatic carboxylic acids is 1. The van der Waals surface area contributed by atoms with Crippen molar-refractivity contribution in [3.05, 3.63) is 29.8 Å². The third-order valence-corrected chi connectivity index (χ3v) is 2.21. The van der Waals surface area contributed by atoms with Crippen molar-refractivity contribution < 1.29 is 46.1 Å². The van der Waals surface area contributed by atoms with Crippen LogP contribution in [-0.4, -0.2) is 28.7 Å². The average Bonchev–Trinajstić information content (AvgIpc) is 2.24. The van der Waals surface area contributed by atoms with Gasteiger partial charge < -0.3 is 14.9 Å². The van der Waals surface area contributed by atoms with Crippen LogP contribution in [0.3, 0.4) is 0 Å². The highest BCUT2D eigenvalue weighted by atomic mass is 19.4. The van der Waals surface area contributed by atoms with E-state index in [1.54, 1.807) is 0 Å². The van der Waals surface area contributed by atoms with E-state index < -0.39 is 35.4 Å². The summed E-state index contributed by atoms with van der Waals surface area (Å²) in [5, 5.41) is 17.8. The third kappa shape index (κ3) is 3.13. The number of rotatable bonds is 3. The molecule has 20 heavy (non-hydrogen) atoms. The summed E-state index contributed by atoms with van der Waals surface area (Å²) in [5.74, 6) is -3.76. The maximum absolute atomic E-state index is 12.6. The van der Waals surface area contributed by atoms with Crippen LogP contribution in [0.15, 0.2) is 24.3 Å². The van der Waals surface area contributed by atoms with Crippen LogP contribution >= 0.6 is 0 Å². The minimum Gasteiger partial charge on any atom is -0.479 e. The van der Waals surface area contributed by atoms with E-state index in [2.05, 4.69) is 4.74 Å². The molecule has 0 heterocycles. The van der Waals surface area contributed by atoms with Crippen molar-refractivity contribution in [3.63, 3.8) is 0 Å². The second-order valence-electron chi connectivity index (χ2n) is 3.59. The first-order valence-corrected chi connectivity index (χ1v) is 4.76. The lowest BCUT2D eigenvalue weighted by atomic mass is 9.93. The van der Waals surface area contributed by atoms with Crippen molar-refractivity contribution in [2.45, 2.75) is 18.1 Å². The number of carboxylic acids is 1. The molecule has 112 valence electrons. The Balaban J connectivity index is 3.31. The molecule has 0 amide bonds. The van der Waals surface area contributed by atoms with Gasteiger partial charge in [0.15, 0.2) is 0 Å². The summed E-state index contributed by atoms with van der Waals surface area (Å²) in [6.07, 6.45) is -10.8. The molecule has 0 aliphatic carbocycles. The minimum atomic E-state index is -5.63. The average molecular weight is 304 g/mol. The van der Waals surface area contributed by atoms with Gasteiger partial charge in [-0.1, -0.05) is 12.1 Å². The molecule has 0 saturated carbocycles. The Morgan fingerprint density at radius 1 is 1.10 bits per heavy atom. The Kier molecular flexibility index (Phi) is 3.90. The lowest BCUT2D eigenvalue weighted by Gasteiger charge is -2.26. The van der Waals surface area contributed by atoms with E-state index >= 15 is 0 Å². The fourth-order valence-electron chi connectivity index (χ4n) is 1.33. The molecule has 0 radical (unpaired) electrons. The van der Waals surface area contributed by atoms with Crippen LogP contribution in [-0.2, 0) is 10.4 Å². The zero-order chi connectivity index (χ0) is 15.8. The highest BCUT2D eigenvalue weighted by Gasteiger charge is 2.61. The molecule has 0 bridgehead atoms. The smallest absolute Gasteiger partial charge is 0.479 e. The number of hydrogen-bond donors (Lipinski definition) is 2. The van der Waals surface area contributed by atoms with Crippen LogP contribution in [0.25, 0.3) is 0 Å². The van der Waals surface area contributed by atoms with Crippen LogP contribution < -0.4 is 4.74 Å². The quantitative estimate of drug-likeness (QED) is 0.842. The highest BCUT2D eigenvalue weighted by molar-refractivity contribution is 5.80. The van der Waals surface area contributed by atoms with Gasteiger partial charge in [0.05, 0.1) is 0 Å². The molecular weight excluding hydrogens is 298 g/mol. The van der Waals surface area contributed by atoms with E-state index in [-0.39, 0.29) is 6.07 Å². The first-order chi connectivity index (χ1) is 8.88. The van der Waals surface area contributed by atoms with Crippen molar-refractivity contribution in [1.29, 1.82) is 0 Å². The Morgan fingerprint density at radius 2 is 1.65 bits per heavy atom. The summed E-state index contributed by atoms with van der Waals surface area (Å²) < 4.78 is 77.0. The summed E-state index contributed by atoms with van der Waals surface area (Å²) in [5.41, 5.74) is -5.64. The summed E-state index contributed by atoms with van der Waals surface area (Å²) in [7, 11) is 0. The molecule has 0 aromatic heterocycles. The largest absolute Gasteiger partial charge is 0.573 e. The van der Waals surface area contributed by atoms with Crippen LogP contribution in [0, 0.1) is 0 Å². The molecule has 1 aromatic carbocycles. The normalized spacial score (nSPS) is 15.6. The van der Waals surface area contributed by atoms with Crippen molar-refractivity contribution in [1.82, 2.24) is 0 Å². The Bertz CT molecular complexity index is 509. The van der Waals surface area contributed by atoms with E-state index in [1.807, 2.05) is 0 Å². The lowest BCUT2D eigenvalue weighted by Crippen LogP contribution is -2.49. The summed E-state index contributed by atoms with van der Waals surface area (Å²) in [4.78, 5) is 10.6. The predicted octanol–water partition coefficient (Wildman–Crippen LogP) is 2.42. The molecule has 0 aliphatic rings. The first-order valence-electron chi connectivity index (χ1n) is 4.76. The van der Waals surface area contributed by atoms with Gasteiger partial charge in [-0.3, -0.25) is 0 Å². The van der Waals surface area contributed by atoms with Crippen LogP contribution in [0.4, 0.5) is 26.3 Å². The van der Waals surface area contributed by atoms with E-state index in [1.165, 1.54) is 0 Å². The van der Waals surface area contributed by atoms with Gasteiger partial charge in [-0.2, -0.15) is 13.2 Å².